The van der Waals surface area contributed by atoms with Crippen molar-refractivity contribution in [1.82, 2.24) is 0 Å². The maximum Gasteiger partial charge on any atom is -0.109 e. The molecular formula is C51H48Cl4Hf. The number of hydrogen-bond acceptors (Lipinski definition) is 0. The van der Waals surface area contributed by atoms with Crippen LogP contribution in [0.2, 0.25) is 10.0 Å². The normalized spacial score (nSPS) is 12.2. The number of hydrogen-bond donors (Lipinski definition) is 0. The molecule has 0 unspecified atom stereocenters. The van der Waals surface area contributed by atoms with E-state index in [0.717, 1.165) is 46.8 Å². The molecule has 0 heterocycles. The number of allylic oxidation sites excluding steroid dienone is 4. The predicted molar refractivity (Wildman–Crippen MR) is 244 cm³/mol. The van der Waals surface area contributed by atoms with Crippen LogP contribution in [0.4, 0.5) is 0 Å². The van der Waals surface area contributed by atoms with Gasteiger partial charge in [0.25, 0.3) is 0 Å². The van der Waals surface area contributed by atoms with Crippen molar-refractivity contribution in [2.45, 2.75) is 65.2 Å². The number of rotatable bonds is 4. The van der Waals surface area contributed by atoms with Crippen LogP contribution >= 0.6 is 48.0 Å². The number of fused-ring (bicyclic) bond motifs is 3. The van der Waals surface area contributed by atoms with Crippen LogP contribution < -0.4 is 0 Å². The first kappa shape index (κ1) is 45.4. The molecule has 0 aromatic heterocycles. The SMILES string of the molecule is CC(C)(C)c1cc2c([c-]c1-c1ccccc1)Cc1cc(-c3ccccc3)c(C(C)(C)C)cc1-2.Cl.Cl.Clc1cccc([C](=[Hf+2])c2cccc(Cl)c2)c1.[C-]1=CC=CC1. The zero-order valence-corrected chi connectivity index (χ0v) is 39.6. The fourth-order valence-electron chi connectivity index (χ4n) is 6.90. The molecule has 0 spiro atoms. The van der Waals surface area contributed by atoms with E-state index in [1.165, 1.54) is 70.0 Å². The van der Waals surface area contributed by atoms with Crippen molar-refractivity contribution in [3.8, 4) is 33.4 Å². The van der Waals surface area contributed by atoms with Crippen LogP contribution in [0.25, 0.3) is 33.4 Å². The number of benzene rings is 6. The van der Waals surface area contributed by atoms with Crippen LogP contribution in [0, 0.1) is 12.1 Å². The molecule has 0 N–H and O–H groups in total. The maximum atomic E-state index is 5.98. The second-order valence-electron chi connectivity index (χ2n) is 15.8. The van der Waals surface area contributed by atoms with E-state index in [0.29, 0.717) is 0 Å². The molecule has 0 fully saturated rings. The summed E-state index contributed by atoms with van der Waals surface area (Å²) in [5.74, 6) is 0. The van der Waals surface area contributed by atoms with Gasteiger partial charge in [-0.2, -0.15) is 6.08 Å². The van der Waals surface area contributed by atoms with Crippen molar-refractivity contribution >= 4 is 51.3 Å². The van der Waals surface area contributed by atoms with Crippen molar-refractivity contribution < 1.29 is 23.9 Å². The first-order chi connectivity index (χ1) is 25.8. The smallest absolute Gasteiger partial charge is 0.109 e. The monoisotopic (exact) mass is 980 g/mol. The number of halogens is 4. The Hall–Kier alpha value is -3.30. The summed E-state index contributed by atoms with van der Waals surface area (Å²) in [5, 5.41) is 1.54. The van der Waals surface area contributed by atoms with Gasteiger partial charge in [-0.1, -0.05) is 131 Å². The van der Waals surface area contributed by atoms with Gasteiger partial charge in [-0.3, -0.25) is 6.08 Å². The molecule has 6 aromatic rings. The van der Waals surface area contributed by atoms with Gasteiger partial charge in [-0.05, 0) is 39.5 Å². The van der Waals surface area contributed by atoms with Crippen LogP contribution in [-0.4, -0.2) is 3.26 Å². The summed E-state index contributed by atoms with van der Waals surface area (Å²) in [5.41, 5.74) is 15.9. The third-order valence-corrected chi connectivity index (χ3v) is 12.2. The molecule has 0 saturated heterocycles. The van der Waals surface area contributed by atoms with Crippen molar-refractivity contribution in [3.63, 3.8) is 0 Å². The first-order valence-corrected chi connectivity index (χ1v) is 21.1. The molecule has 8 rings (SSSR count). The van der Waals surface area contributed by atoms with Crippen molar-refractivity contribution in [1.29, 1.82) is 0 Å². The van der Waals surface area contributed by atoms with Crippen LogP contribution in [0.15, 0.2) is 146 Å². The van der Waals surface area contributed by atoms with E-state index < -0.39 is 0 Å². The molecule has 2 aliphatic carbocycles. The molecule has 5 heteroatoms. The molecular weight excluding hydrogens is 933 g/mol. The second-order valence-corrected chi connectivity index (χ2v) is 18.5. The Kier molecular flexibility index (Phi) is 16.1. The summed E-state index contributed by atoms with van der Waals surface area (Å²) in [7, 11) is 0. The maximum absolute atomic E-state index is 5.98. The van der Waals surface area contributed by atoms with Gasteiger partial charge >= 0.3 is 120 Å². The van der Waals surface area contributed by atoms with E-state index in [1.54, 1.807) is 0 Å². The van der Waals surface area contributed by atoms with Gasteiger partial charge in [0, 0.05) is 0 Å². The van der Waals surface area contributed by atoms with E-state index in [-0.39, 0.29) is 35.6 Å². The molecule has 6 aromatic carbocycles. The van der Waals surface area contributed by atoms with Gasteiger partial charge in [-0.25, -0.2) is 12.2 Å². The van der Waals surface area contributed by atoms with Crippen LogP contribution in [0.3, 0.4) is 0 Å². The molecule has 0 atom stereocenters. The molecule has 284 valence electrons. The molecule has 0 aliphatic heterocycles. The molecule has 0 bridgehead atoms. The average molecular weight is 981 g/mol. The Morgan fingerprint density at radius 1 is 0.589 bits per heavy atom. The standard InChI is InChI=1S/C33H33.C13H8Cl2.C5H5.2ClH.Hf/c1-32(2,3)30-20-26-24(18-28(30)22-13-9-7-10-14-22)17-25-19-29(23-15-11-8-12-16-23)31(21-27(25)26)33(4,5)6;14-12-5-1-3-10(8-12)7-11-4-2-6-13(15)9-11;1-2-4-5-3-1;;;/h7-16,18,20-21H,17H2,1-6H3;1-6,8-9H;1-3H,4H2;2*1H;/q-1;;-1;;;+2. The Morgan fingerprint density at radius 3 is 1.59 bits per heavy atom. The van der Waals surface area contributed by atoms with E-state index in [1.807, 2.05) is 48.6 Å². The minimum absolute atomic E-state index is 0. The summed E-state index contributed by atoms with van der Waals surface area (Å²) < 4.78 is 1.31. The van der Waals surface area contributed by atoms with Gasteiger partial charge < -0.3 is 0 Å². The molecule has 0 amide bonds. The summed E-state index contributed by atoms with van der Waals surface area (Å²) in [6, 6.07) is 48.7. The third-order valence-electron chi connectivity index (χ3n) is 9.64. The summed E-state index contributed by atoms with van der Waals surface area (Å²) in [6.45, 7) is 13.9. The van der Waals surface area contributed by atoms with Gasteiger partial charge in [0.2, 0.25) is 0 Å². The van der Waals surface area contributed by atoms with E-state index in [4.69, 9.17) is 23.2 Å². The second kappa shape index (κ2) is 19.9. The fourth-order valence-corrected chi connectivity index (χ4v) is 8.39. The van der Waals surface area contributed by atoms with Crippen molar-refractivity contribution in [2.24, 2.45) is 0 Å². The third kappa shape index (κ3) is 11.2. The first-order valence-electron chi connectivity index (χ1n) is 18.5. The quantitative estimate of drug-likeness (QED) is 0.122. The average Bonchev–Trinajstić information content (AvgIpc) is 3.86. The molecule has 0 nitrogen and oxygen atoms in total. The summed E-state index contributed by atoms with van der Waals surface area (Å²) >= 11 is 12.9. The molecule has 2 aliphatic rings. The van der Waals surface area contributed by atoms with Crippen LogP contribution in [0.5, 0.6) is 0 Å². The Bertz CT molecular complexity index is 2160. The van der Waals surface area contributed by atoms with E-state index in [2.05, 4.69) is 151 Å². The van der Waals surface area contributed by atoms with Crippen molar-refractivity contribution in [2.75, 3.05) is 0 Å². The molecule has 0 saturated carbocycles. The minimum atomic E-state index is 0. The zero-order valence-electron chi connectivity index (χ0n) is 32.8. The van der Waals surface area contributed by atoms with Gasteiger partial charge in [0.05, 0.1) is 0 Å². The van der Waals surface area contributed by atoms with Crippen molar-refractivity contribution in [3.05, 3.63) is 201 Å². The zero-order chi connectivity index (χ0) is 38.5. The van der Waals surface area contributed by atoms with E-state index in [9.17, 15) is 0 Å². The fraction of sp³-hybridized carbons (Fsp3) is 0.196. The molecule has 56 heavy (non-hydrogen) atoms. The minimum Gasteiger partial charge on any atom is -0.273 e. The topological polar surface area (TPSA) is 0 Å². The largest absolute Gasteiger partial charge is 0.273 e. The van der Waals surface area contributed by atoms with Crippen LogP contribution in [0.1, 0.15) is 81.3 Å². The van der Waals surface area contributed by atoms with E-state index >= 15 is 0 Å². The van der Waals surface area contributed by atoms with Gasteiger partial charge in [0.15, 0.2) is 0 Å². The van der Waals surface area contributed by atoms with Gasteiger partial charge in [-0.15, -0.1) is 60.1 Å². The van der Waals surface area contributed by atoms with Gasteiger partial charge in [0.1, 0.15) is 0 Å². The summed E-state index contributed by atoms with van der Waals surface area (Å²) in [6.07, 6.45) is 10.9. The Labute approximate surface area is 372 Å². The molecule has 0 radical (unpaired) electrons. The Balaban J connectivity index is 0.000000252. The predicted octanol–water partition coefficient (Wildman–Crippen LogP) is 15.2. The summed E-state index contributed by atoms with van der Waals surface area (Å²) in [4.78, 5) is 0. The van der Waals surface area contributed by atoms with Crippen LogP contribution in [-0.2, 0) is 41.1 Å². The Morgan fingerprint density at radius 2 is 1.12 bits per heavy atom.